The molecule has 2 aromatic rings. The lowest BCUT2D eigenvalue weighted by Crippen LogP contribution is -2.15. The van der Waals surface area contributed by atoms with Gasteiger partial charge in [-0.3, -0.25) is 4.79 Å². The van der Waals surface area contributed by atoms with Crippen molar-refractivity contribution in [3.05, 3.63) is 38.6 Å². The van der Waals surface area contributed by atoms with E-state index in [-0.39, 0.29) is 17.2 Å². The van der Waals surface area contributed by atoms with Crippen molar-refractivity contribution in [1.29, 1.82) is 0 Å². The van der Waals surface area contributed by atoms with Gasteiger partial charge in [-0.15, -0.1) is 0 Å². The van der Waals surface area contributed by atoms with Gasteiger partial charge in [0.25, 0.3) is 0 Å². The average Bonchev–Trinajstić information content (AvgIpc) is 3.25. The summed E-state index contributed by atoms with van der Waals surface area (Å²) in [4.78, 5) is 12.2. The highest BCUT2D eigenvalue weighted by Gasteiger charge is 2.29. The van der Waals surface area contributed by atoms with Gasteiger partial charge in [0.15, 0.2) is 11.2 Å². The first-order valence-electron chi connectivity index (χ1n) is 6.84. The Morgan fingerprint density at radius 2 is 2.14 bits per heavy atom. The smallest absolute Gasteiger partial charge is 0.387 e. The van der Waals surface area contributed by atoms with E-state index in [4.69, 9.17) is 4.74 Å². The summed E-state index contributed by atoms with van der Waals surface area (Å²) in [5.74, 6) is 0.0433. The number of hydrogen-bond acceptors (Lipinski definition) is 2. The van der Waals surface area contributed by atoms with Crippen LogP contribution in [0.4, 0.5) is 8.78 Å². The highest BCUT2D eigenvalue weighted by molar-refractivity contribution is 9.10. The fourth-order valence-electron chi connectivity index (χ4n) is 2.65. The maximum absolute atomic E-state index is 12.7. The van der Waals surface area contributed by atoms with Crippen LogP contribution in [0.1, 0.15) is 31.5 Å². The molecule has 21 heavy (non-hydrogen) atoms. The molecule has 6 heteroatoms. The van der Waals surface area contributed by atoms with Crippen molar-refractivity contribution in [2.24, 2.45) is 0 Å². The molecule has 1 fully saturated rings. The van der Waals surface area contributed by atoms with Crippen molar-refractivity contribution in [3.63, 3.8) is 0 Å². The van der Waals surface area contributed by atoms with E-state index in [1.807, 2.05) is 11.5 Å². The van der Waals surface area contributed by atoms with Gasteiger partial charge >= 0.3 is 6.61 Å². The van der Waals surface area contributed by atoms with E-state index in [1.165, 1.54) is 0 Å². The summed E-state index contributed by atoms with van der Waals surface area (Å²) < 4.78 is 32.6. The van der Waals surface area contributed by atoms with Gasteiger partial charge in [0.2, 0.25) is 0 Å². The van der Waals surface area contributed by atoms with Crippen molar-refractivity contribution in [1.82, 2.24) is 4.57 Å². The van der Waals surface area contributed by atoms with Crippen LogP contribution in [0.5, 0.6) is 5.75 Å². The average molecular weight is 358 g/mol. The number of pyridine rings is 1. The van der Waals surface area contributed by atoms with E-state index in [0.29, 0.717) is 21.8 Å². The molecule has 0 unspecified atom stereocenters. The SMILES string of the molecule is CCc1cc(=O)c2ccc(Br)c(OC(F)F)c2n1C1CC1. The molecule has 3 nitrogen and oxygen atoms in total. The first-order chi connectivity index (χ1) is 10.0. The molecule has 1 aromatic carbocycles. The molecule has 0 aliphatic heterocycles. The molecule has 1 aromatic heterocycles. The minimum atomic E-state index is -2.93. The summed E-state index contributed by atoms with van der Waals surface area (Å²) in [6.07, 6.45) is 2.65. The lowest BCUT2D eigenvalue weighted by atomic mass is 10.1. The van der Waals surface area contributed by atoms with E-state index < -0.39 is 6.61 Å². The highest BCUT2D eigenvalue weighted by Crippen LogP contribution is 2.42. The number of rotatable bonds is 4. The van der Waals surface area contributed by atoms with Gasteiger partial charge in [0.1, 0.15) is 0 Å². The molecule has 1 saturated carbocycles. The van der Waals surface area contributed by atoms with Gasteiger partial charge in [0.05, 0.1) is 9.99 Å². The summed E-state index contributed by atoms with van der Waals surface area (Å²) in [7, 11) is 0. The second-order valence-electron chi connectivity index (χ2n) is 5.11. The standard InChI is InChI=1S/C15H14BrF2NO2/c1-2-8-7-12(20)10-5-6-11(16)14(21-15(17)18)13(10)19(8)9-3-4-9/h5-7,9,15H,2-4H2,1H3. The van der Waals surface area contributed by atoms with Crippen LogP contribution in [0.3, 0.4) is 0 Å². The molecule has 0 amide bonds. The fraction of sp³-hybridized carbons (Fsp3) is 0.400. The van der Waals surface area contributed by atoms with Crippen molar-refractivity contribution < 1.29 is 13.5 Å². The molecule has 0 atom stereocenters. The number of aromatic nitrogens is 1. The zero-order valence-corrected chi connectivity index (χ0v) is 13.0. The number of nitrogens with zero attached hydrogens (tertiary/aromatic N) is 1. The Balaban J connectivity index is 2.41. The molecule has 0 bridgehead atoms. The van der Waals surface area contributed by atoms with Crippen LogP contribution in [0, 0.1) is 0 Å². The monoisotopic (exact) mass is 357 g/mol. The number of alkyl halides is 2. The van der Waals surface area contributed by atoms with Crippen molar-refractivity contribution >= 4 is 26.8 Å². The summed E-state index contributed by atoms with van der Waals surface area (Å²) in [5.41, 5.74) is 1.16. The summed E-state index contributed by atoms with van der Waals surface area (Å²) in [5, 5.41) is 0.415. The van der Waals surface area contributed by atoms with Crippen LogP contribution in [0.15, 0.2) is 27.5 Å². The molecule has 0 radical (unpaired) electrons. The van der Waals surface area contributed by atoms with E-state index in [9.17, 15) is 13.6 Å². The molecule has 3 rings (SSSR count). The lowest BCUT2D eigenvalue weighted by molar-refractivity contribution is -0.0495. The van der Waals surface area contributed by atoms with Crippen LogP contribution in [-0.4, -0.2) is 11.2 Å². The molecular weight excluding hydrogens is 344 g/mol. The molecular formula is C15H14BrF2NO2. The third kappa shape index (κ3) is 2.57. The van der Waals surface area contributed by atoms with E-state index >= 15 is 0 Å². The van der Waals surface area contributed by atoms with Gasteiger partial charge < -0.3 is 9.30 Å². The zero-order valence-electron chi connectivity index (χ0n) is 11.4. The Labute approximate surface area is 128 Å². The van der Waals surface area contributed by atoms with Crippen LogP contribution in [0.25, 0.3) is 10.9 Å². The van der Waals surface area contributed by atoms with Crippen molar-refractivity contribution in [2.75, 3.05) is 0 Å². The molecule has 0 spiro atoms. The van der Waals surface area contributed by atoms with Gasteiger partial charge in [-0.2, -0.15) is 8.78 Å². The molecule has 1 aliphatic rings. The summed E-state index contributed by atoms with van der Waals surface area (Å²) in [6.45, 7) is -0.981. The summed E-state index contributed by atoms with van der Waals surface area (Å²) >= 11 is 3.25. The predicted octanol–water partition coefficient (Wildman–Crippen LogP) is 4.26. The molecule has 0 N–H and O–H groups in total. The second-order valence-corrected chi connectivity index (χ2v) is 5.96. The van der Waals surface area contributed by atoms with Gasteiger partial charge in [-0.1, -0.05) is 6.92 Å². The zero-order chi connectivity index (χ0) is 15.1. The quantitative estimate of drug-likeness (QED) is 0.818. The van der Waals surface area contributed by atoms with E-state index in [1.54, 1.807) is 18.2 Å². The van der Waals surface area contributed by atoms with Crippen molar-refractivity contribution in [2.45, 2.75) is 38.8 Å². The summed E-state index contributed by atoms with van der Waals surface area (Å²) in [6, 6.07) is 5.08. The number of benzene rings is 1. The lowest BCUT2D eigenvalue weighted by Gasteiger charge is -2.19. The normalized spacial score (nSPS) is 14.9. The van der Waals surface area contributed by atoms with Crippen molar-refractivity contribution in [3.8, 4) is 5.75 Å². The maximum Gasteiger partial charge on any atom is 0.387 e. The van der Waals surface area contributed by atoms with Crippen LogP contribution in [-0.2, 0) is 6.42 Å². The second kappa shape index (κ2) is 5.40. The Morgan fingerprint density at radius 3 is 2.71 bits per heavy atom. The Bertz CT molecular complexity index is 753. The number of aryl methyl sites for hydroxylation is 1. The number of halogens is 3. The maximum atomic E-state index is 12.7. The minimum absolute atomic E-state index is 0.0433. The Hall–Kier alpha value is -1.43. The van der Waals surface area contributed by atoms with Crippen LogP contribution < -0.4 is 10.2 Å². The minimum Gasteiger partial charge on any atom is -0.431 e. The topological polar surface area (TPSA) is 31.2 Å². The third-order valence-corrected chi connectivity index (χ3v) is 4.30. The first kappa shape index (κ1) is 14.5. The van der Waals surface area contributed by atoms with E-state index in [2.05, 4.69) is 15.9 Å². The van der Waals surface area contributed by atoms with Crippen LogP contribution in [0.2, 0.25) is 0 Å². The predicted molar refractivity (Wildman–Crippen MR) is 80.2 cm³/mol. The fourth-order valence-corrected chi connectivity index (χ4v) is 3.06. The third-order valence-electron chi connectivity index (χ3n) is 3.68. The van der Waals surface area contributed by atoms with Gasteiger partial charge in [0, 0.05) is 23.2 Å². The molecule has 1 aliphatic carbocycles. The van der Waals surface area contributed by atoms with Gasteiger partial charge in [-0.05, 0) is 47.3 Å². The largest absolute Gasteiger partial charge is 0.431 e. The molecule has 0 saturated heterocycles. The highest BCUT2D eigenvalue weighted by atomic mass is 79.9. The first-order valence-corrected chi connectivity index (χ1v) is 7.63. The Kier molecular flexibility index (Phi) is 3.73. The molecule has 1 heterocycles. The van der Waals surface area contributed by atoms with Crippen LogP contribution >= 0.6 is 15.9 Å². The van der Waals surface area contributed by atoms with Gasteiger partial charge in [-0.25, -0.2) is 0 Å². The number of hydrogen-bond donors (Lipinski definition) is 0. The Morgan fingerprint density at radius 1 is 1.43 bits per heavy atom. The number of ether oxygens (including phenoxy) is 1. The molecule has 112 valence electrons. The number of fused-ring (bicyclic) bond motifs is 1. The van der Waals surface area contributed by atoms with E-state index in [0.717, 1.165) is 18.5 Å².